The first-order chi connectivity index (χ1) is 12.0. The molecule has 0 unspecified atom stereocenters. The number of halogens is 1. The summed E-state index contributed by atoms with van der Waals surface area (Å²) in [5.74, 6) is 0.0465. The van der Waals surface area contributed by atoms with Gasteiger partial charge in [-0.1, -0.05) is 37.8 Å². The first kappa shape index (κ1) is 19.5. The number of aryl methyl sites for hydroxylation is 1. The van der Waals surface area contributed by atoms with E-state index >= 15 is 0 Å². The Labute approximate surface area is 156 Å². The third-order valence-corrected chi connectivity index (χ3v) is 5.19. The van der Waals surface area contributed by atoms with E-state index in [4.69, 9.17) is 21.1 Å². The number of hydrogen-bond acceptors (Lipinski definition) is 5. The first-order valence-corrected chi connectivity index (χ1v) is 9.38. The number of unbranched alkanes of at least 4 members (excludes halogenated alkanes) is 3. The second-order valence-corrected chi connectivity index (χ2v) is 7.04. The van der Waals surface area contributed by atoms with Gasteiger partial charge in [0.2, 0.25) is 0 Å². The molecule has 7 heteroatoms. The molecule has 1 aromatic carbocycles. The molecule has 0 aliphatic heterocycles. The van der Waals surface area contributed by atoms with E-state index in [2.05, 4.69) is 11.9 Å². The van der Waals surface area contributed by atoms with Crippen molar-refractivity contribution in [1.29, 1.82) is 0 Å². The molecule has 5 nitrogen and oxygen atoms in total. The van der Waals surface area contributed by atoms with Gasteiger partial charge in [0.25, 0.3) is 0 Å². The molecule has 0 bridgehead atoms. The normalized spacial score (nSPS) is 10.7. The number of benzene rings is 1. The summed E-state index contributed by atoms with van der Waals surface area (Å²) in [5.41, 5.74) is 1.19. The Morgan fingerprint density at radius 3 is 2.68 bits per heavy atom. The number of methoxy groups -OCH3 is 1. The highest BCUT2D eigenvalue weighted by Crippen LogP contribution is 2.41. The van der Waals surface area contributed by atoms with E-state index in [-0.39, 0.29) is 4.88 Å². The van der Waals surface area contributed by atoms with Gasteiger partial charge in [-0.3, -0.25) is 0 Å². The molecule has 0 fully saturated rings. The molecule has 0 saturated heterocycles. The lowest BCUT2D eigenvalue weighted by atomic mass is 10.2. The number of thiazole rings is 1. The molecule has 0 atom stereocenters. The Balaban J connectivity index is 2.23. The number of carbonyl (C=O) groups is 1. The number of rotatable bonds is 9. The lowest BCUT2D eigenvalue weighted by molar-refractivity contribution is 0.0701. The molecule has 0 amide bonds. The van der Waals surface area contributed by atoms with E-state index in [9.17, 15) is 9.90 Å². The summed E-state index contributed by atoms with van der Waals surface area (Å²) in [5, 5.41) is 10.2. The van der Waals surface area contributed by atoms with E-state index in [1.807, 2.05) is 0 Å². The Morgan fingerprint density at radius 2 is 2.08 bits per heavy atom. The Morgan fingerprint density at radius 1 is 1.32 bits per heavy atom. The van der Waals surface area contributed by atoms with Gasteiger partial charge in [-0.2, -0.15) is 0 Å². The number of aromatic carboxylic acids is 1. The van der Waals surface area contributed by atoms with Crippen LogP contribution in [0.25, 0.3) is 10.6 Å². The van der Waals surface area contributed by atoms with Crippen molar-refractivity contribution in [3.05, 3.63) is 27.7 Å². The van der Waals surface area contributed by atoms with Crippen molar-refractivity contribution in [1.82, 2.24) is 4.98 Å². The largest absolute Gasteiger partial charge is 0.493 e. The van der Waals surface area contributed by atoms with Crippen molar-refractivity contribution in [2.24, 2.45) is 0 Å². The average Bonchev–Trinajstić information content (AvgIpc) is 2.97. The van der Waals surface area contributed by atoms with E-state index in [1.54, 1.807) is 26.2 Å². The summed E-state index contributed by atoms with van der Waals surface area (Å²) >= 11 is 7.48. The number of hydrogen-bond donors (Lipinski definition) is 1. The van der Waals surface area contributed by atoms with Crippen LogP contribution in [0.1, 0.15) is 48.0 Å². The van der Waals surface area contributed by atoms with Crippen LogP contribution < -0.4 is 9.47 Å². The molecule has 25 heavy (non-hydrogen) atoms. The zero-order valence-corrected chi connectivity index (χ0v) is 16.2. The molecule has 2 rings (SSSR count). The third-order valence-electron chi connectivity index (χ3n) is 3.71. The smallest absolute Gasteiger partial charge is 0.347 e. The van der Waals surface area contributed by atoms with Crippen LogP contribution in [0.5, 0.6) is 11.5 Å². The number of nitrogens with zero attached hydrogens (tertiary/aromatic N) is 1. The van der Waals surface area contributed by atoms with Crippen molar-refractivity contribution in [3.8, 4) is 22.1 Å². The maximum Gasteiger partial charge on any atom is 0.347 e. The van der Waals surface area contributed by atoms with Crippen molar-refractivity contribution < 1.29 is 19.4 Å². The summed E-state index contributed by atoms with van der Waals surface area (Å²) in [6.07, 6.45) is 4.43. The molecule has 2 aromatic rings. The third kappa shape index (κ3) is 4.86. The predicted octanol–water partition coefficient (Wildman–Crippen LogP) is 5.44. The van der Waals surface area contributed by atoms with Gasteiger partial charge in [0.05, 0.1) is 24.4 Å². The minimum Gasteiger partial charge on any atom is -0.493 e. The quantitative estimate of drug-likeness (QED) is 0.584. The molecule has 0 radical (unpaired) electrons. The summed E-state index contributed by atoms with van der Waals surface area (Å²) < 4.78 is 11.2. The molecular formula is C18H22ClNO4S. The summed E-state index contributed by atoms with van der Waals surface area (Å²) in [7, 11) is 1.55. The lowest BCUT2D eigenvalue weighted by Gasteiger charge is -2.13. The number of aromatic nitrogens is 1. The Kier molecular flexibility index (Phi) is 7.08. The van der Waals surface area contributed by atoms with E-state index in [0.29, 0.717) is 39.4 Å². The highest BCUT2D eigenvalue weighted by molar-refractivity contribution is 7.17. The van der Waals surface area contributed by atoms with Gasteiger partial charge in [0.15, 0.2) is 11.5 Å². The summed E-state index contributed by atoms with van der Waals surface area (Å²) in [4.78, 5) is 15.8. The molecule has 0 aliphatic carbocycles. The number of carboxylic acid groups (broad SMARTS) is 1. The van der Waals surface area contributed by atoms with Gasteiger partial charge >= 0.3 is 5.97 Å². The van der Waals surface area contributed by atoms with E-state index in [0.717, 1.165) is 24.2 Å². The number of carboxylic acids is 1. The fraction of sp³-hybridized carbons (Fsp3) is 0.444. The van der Waals surface area contributed by atoms with Crippen LogP contribution in [-0.2, 0) is 0 Å². The van der Waals surface area contributed by atoms with Crippen molar-refractivity contribution in [2.75, 3.05) is 13.7 Å². The monoisotopic (exact) mass is 383 g/mol. The number of ether oxygens (including phenoxy) is 2. The van der Waals surface area contributed by atoms with Gasteiger partial charge < -0.3 is 14.6 Å². The minimum absolute atomic E-state index is 0.223. The van der Waals surface area contributed by atoms with Crippen molar-refractivity contribution in [2.45, 2.75) is 39.5 Å². The molecule has 1 N–H and O–H groups in total. The van der Waals surface area contributed by atoms with Gasteiger partial charge in [0, 0.05) is 5.56 Å². The highest BCUT2D eigenvalue weighted by atomic mass is 35.5. The van der Waals surface area contributed by atoms with E-state index < -0.39 is 5.97 Å². The molecule has 0 aliphatic rings. The van der Waals surface area contributed by atoms with Crippen LogP contribution in [0.3, 0.4) is 0 Å². The lowest BCUT2D eigenvalue weighted by Crippen LogP contribution is -2.00. The fourth-order valence-electron chi connectivity index (χ4n) is 2.40. The SMILES string of the molecule is CCCCCCOc1c(Cl)cc(-c2nc(C)c(C(=O)O)s2)cc1OC. The van der Waals surface area contributed by atoms with Crippen molar-refractivity contribution >= 4 is 28.9 Å². The standard InChI is InChI=1S/C18H22ClNO4S/c1-4-5-6-7-8-24-15-13(19)9-12(10-14(15)23-3)17-20-11(2)16(25-17)18(21)22/h9-10H,4-8H2,1-3H3,(H,21,22). The molecule has 1 heterocycles. The van der Waals surface area contributed by atoms with Gasteiger partial charge in [0.1, 0.15) is 9.88 Å². The van der Waals surface area contributed by atoms with Crippen LogP contribution in [0, 0.1) is 6.92 Å². The van der Waals surface area contributed by atoms with Crippen molar-refractivity contribution in [3.63, 3.8) is 0 Å². The summed E-state index contributed by atoms with van der Waals surface area (Å²) in [6, 6.07) is 3.51. The van der Waals surface area contributed by atoms with Crippen LogP contribution in [0.15, 0.2) is 12.1 Å². The zero-order valence-electron chi connectivity index (χ0n) is 14.6. The molecule has 0 saturated carbocycles. The van der Waals surface area contributed by atoms with Gasteiger partial charge in [-0.05, 0) is 25.5 Å². The topological polar surface area (TPSA) is 68.7 Å². The van der Waals surface area contributed by atoms with E-state index in [1.165, 1.54) is 12.8 Å². The van der Waals surface area contributed by atoms with Crippen LogP contribution in [-0.4, -0.2) is 29.8 Å². The van der Waals surface area contributed by atoms with Gasteiger partial charge in [-0.25, -0.2) is 9.78 Å². The van der Waals surface area contributed by atoms with Crippen LogP contribution in [0.4, 0.5) is 0 Å². The fourth-order valence-corrected chi connectivity index (χ4v) is 3.56. The molecular weight excluding hydrogens is 362 g/mol. The second kappa shape index (κ2) is 9.06. The minimum atomic E-state index is -0.980. The summed E-state index contributed by atoms with van der Waals surface area (Å²) in [6.45, 7) is 4.42. The molecule has 1 aromatic heterocycles. The molecule has 0 spiro atoms. The first-order valence-electron chi connectivity index (χ1n) is 8.19. The zero-order chi connectivity index (χ0) is 18.4. The highest BCUT2D eigenvalue weighted by Gasteiger charge is 2.18. The van der Waals surface area contributed by atoms with Crippen LogP contribution in [0.2, 0.25) is 5.02 Å². The van der Waals surface area contributed by atoms with Gasteiger partial charge in [-0.15, -0.1) is 11.3 Å². The maximum atomic E-state index is 11.2. The maximum absolute atomic E-state index is 11.2. The second-order valence-electron chi connectivity index (χ2n) is 5.64. The van der Waals surface area contributed by atoms with Crippen LogP contribution >= 0.6 is 22.9 Å². The Bertz CT molecular complexity index is 745. The Hall–Kier alpha value is -1.79. The average molecular weight is 384 g/mol. The molecule has 136 valence electrons. The predicted molar refractivity (Wildman–Crippen MR) is 100 cm³/mol.